The van der Waals surface area contributed by atoms with Crippen molar-refractivity contribution in [3.05, 3.63) is 30.1 Å². The first-order valence-corrected chi connectivity index (χ1v) is 6.17. The molecule has 1 N–H and O–H groups in total. The number of rotatable bonds is 11. The zero-order valence-electron chi connectivity index (χ0n) is 10.9. The van der Waals surface area contributed by atoms with Crippen molar-refractivity contribution in [2.24, 2.45) is 0 Å². The van der Waals surface area contributed by atoms with E-state index < -0.39 is 0 Å². The molecule has 0 aliphatic rings. The molecule has 0 bridgehead atoms. The number of aromatic nitrogens is 1. The van der Waals surface area contributed by atoms with E-state index in [1.165, 1.54) is 5.56 Å². The molecule has 1 aromatic heterocycles. The lowest BCUT2D eigenvalue weighted by Crippen LogP contribution is -2.20. The standard InChI is InChI=1S/C13H22N2O3/c1-16-7-8-18-10-9-17-6-5-15-12-13-3-2-4-14-11-13/h2-4,11,15H,5-10,12H2,1H3. The summed E-state index contributed by atoms with van der Waals surface area (Å²) in [5, 5.41) is 3.29. The molecule has 0 saturated carbocycles. The minimum Gasteiger partial charge on any atom is -0.382 e. The molecule has 1 aromatic rings. The third-order valence-electron chi connectivity index (χ3n) is 2.28. The van der Waals surface area contributed by atoms with Gasteiger partial charge in [0, 0.05) is 32.6 Å². The highest BCUT2D eigenvalue weighted by Gasteiger charge is 1.92. The fourth-order valence-electron chi connectivity index (χ4n) is 1.34. The molecule has 0 unspecified atom stereocenters. The minimum absolute atomic E-state index is 0.617. The van der Waals surface area contributed by atoms with Gasteiger partial charge in [-0.3, -0.25) is 4.98 Å². The van der Waals surface area contributed by atoms with Crippen LogP contribution in [0.5, 0.6) is 0 Å². The van der Waals surface area contributed by atoms with E-state index in [2.05, 4.69) is 10.3 Å². The van der Waals surface area contributed by atoms with Gasteiger partial charge in [0.15, 0.2) is 0 Å². The summed E-state index contributed by atoms with van der Waals surface area (Å²) in [6.45, 7) is 4.83. The molecule has 0 aromatic carbocycles. The molecular weight excluding hydrogens is 232 g/mol. The highest BCUT2D eigenvalue weighted by atomic mass is 16.5. The summed E-state index contributed by atoms with van der Waals surface area (Å²) in [6, 6.07) is 3.98. The SMILES string of the molecule is COCCOCCOCCNCc1cccnc1. The lowest BCUT2D eigenvalue weighted by Gasteiger charge is -2.06. The zero-order valence-corrected chi connectivity index (χ0v) is 10.9. The van der Waals surface area contributed by atoms with Crippen LogP contribution in [0.15, 0.2) is 24.5 Å². The fourth-order valence-corrected chi connectivity index (χ4v) is 1.34. The first-order valence-electron chi connectivity index (χ1n) is 6.17. The Labute approximate surface area is 108 Å². The Morgan fingerprint density at radius 3 is 2.61 bits per heavy atom. The Morgan fingerprint density at radius 1 is 1.11 bits per heavy atom. The van der Waals surface area contributed by atoms with Crippen LogP contribution in [0.1, 0.15) is 5.56 Å². The summed E-state index contributed by atoms with van der Waals surface area (Å²) in [5.41, 5.74) is 1.18. The molecule has 102 valence electrons. The number of hydrogen-bond acceptors (Lipinski definition) is 5. The summed E-state index contributed by atoms with van der Waals surface area (Å²) in [4.78, 5) is 4.05. The quantitative estimate of drug-likeness (QED) is 0.593. The maximum absolute atomic E-state index is 5.41. The van der Waals surface area contributed by atoms with Crippen LogP contribution in [0.3, 0.4) is 0 Å². The van der Waals surface area contributed by atoms with E-state index in [1.807, 2.05) is 18.3 Å². The predicted molar refractivity (Wildman–Crippen MR) is 69.5 cm³/mol. The van der Waals surface area contributed by atoms with Gasteiger partial charge in [-0.05, 0) is 11.6 Å². The van der Waals surface area contributed by atoms with E-state index in [9.17, 15) is 0 Å². The highest BCUT2D eigenvalue weighted by molar-refractivity contribution is 5.07. The molecule has 0 amide bonds. The molecular formula is C13H22N2O3. The average molecular weight is 254 g/mol. The van der Waals surface area contributed by atoms with Crippen molar-refractivity contribution in [1.82, 2.24) is 10.3 Å². The number of pyridine rings is 1. The van der Waals surface area contributed by atoms with Gasteiger partial charge in [-0.15, -0.1) is 0 Å². The first-order chi connectivity index (χ1) is 8.93. The normalized spacial score (nSPS) is 10.7. The van der Waals surface area contributed by atoms with Crippen molar-refractivity contribution in [1.29, 1.82) is 0 Å². The van der Waals surface area contributed by atoms with Crippen LogP contribution in [0, 0.1) is 0 Å². The van der Waals surface area contributed by atoms with Gasteiger partial charge < -0.3 is 19.5 Å². The third-order valence-corrected chi connectivity index (χ3v) is 2.28. The number of nitrogens with zero attached hydrogens (tertiary/aromatic N) is 1. The molecule has 0 aliphatic heterocycles. The molecule has 0 aliphatic carbocycles. The van der Waals surface area contributed by atoms with Crippen LogP contribution in [0.4, 0.5) is 0 Å². The lowest BCUT2D eigenvalue weighted by molar-refractivity contribution is 0.0255. The van der Waals surface area contributed by atoms with Gasteiger partial charge in [0.1, 0.15) is 0 Å². The summed E-state index contributed by atoms with van der Waals surface area (Å²) in [6.07, 6.45) is 3.63. The van der Waals surface area contributed by atoms with Crippen LogP contribution >= 0.6 is 0 Å². The van der Waals surface area contributed by atoms with E-state index in [0.717, 1.165) is 13.1 Å². The van der Waals surface area contributed by atoms with E-state index >= 15 is 0 Å². The molecule has 1 heterocycles. The van der Waals surface area contributed by atoms with Crippen LogP contribution < -0.4 is 5.32 Å². The number of ether oxygens (including phenoxy) is 3. The molecule has 1 rings (SSSR count). The Bertz CT molecular complexity index is 283. The second-order valence-corrected chi connectivity index (χ2v) is 3.76. The van der Waals surface area contributed by atoms with E-state index in [-0.39, 0.29) is 0 Å². The van der Waals surface area contributed by atoms with Gasteiger partial charge in [-0.1, -0.05) is 6.07 Å². The minimum atomic E-state index is 0.617. The van der Waals surface area contributed by atoms with Gasteiger partial charge in [0.2, 0.25) is 0 Å². The highest BCUT2D eigenvalue weighted by Crippen LogP contribution is 1.93. The van der Waals surface area contributed by atoms with Crippen molar-refractivity contribution < 1.29 is 14.2 Å². The lowest BCUT2D eigenvalue weighted by atomic mass is 10.3. The van der Waals surface area contributed by atoms with Crippen molar-refractivity contribution in [2.45, 2.75) is 6.54 Å². The maximum Gasteiger partial charge on any atom is 0.0701 e. The zero-order chi connectivity index (χ0) is 12.9. The molecule has 0 spiro atoms. The molecule has 18 heavy (non-hydrogen) atoms. The number of hydrogen-bond donors (Lipinski definition) is 1. The van der Waals surface area contributed by atoms with Crippen molar-refractivity contribution in [3.8, 4) is 0 Å². The molecule has 0 fully saturated rings. The second kappa shape index (κ2) is 11.1. The molecule has 5 heteroatoms. The summed E-state index contributed by atoms with van der Waals surface area (Å²) in [7, 11) is 1.66. The van der Waals surface area contributed by atoms with Crippen LogP contribution in [0.25, 0.3) is 0 Å². The first kappa shape index (κ1) is 15.0. The van der Waals surface area contributed by atoms with Gasteiger partial charge in [-0.25, -0.2) is 0 Å². The fraction of sp³-hybridized carbons (Fsp3) is 0.615. The van der Waals surface area contributed by atoms with Crippen LogP contribution in [-0.4, -0.2) is 51.7 Å². The molecule has 5 nitrogen and oxygen atoms in total. The summed E-state index contributed by atoms with van der Waals surface area (Å²) in [5.74, 6) is 0. The van der Waals surface area contributed by atoms with Crippen LogP contribution in [-0.2, 0) is 20.8 Å². The van der Waals surface area contributed by atoms with E-state index in [4.69, 9.17) is 14.2 Å². The van der Waals surface area contributed by atoms with Gasteiger partial charge >= 0.3 is 0 Å². The van der Waals surface area contributed by atoms with Crippen molar-refractivity contribution in [2.75, 3.05) is 46.7 Å². The van der Waals surface area contributed by atoms with Gasteiger partial charge in [0.25, 0.3) is 0 Å². The molecule has 0 radical (unpaired) electrons. The maximum atomic E-state index is 5.41. The van der Waals surface area contributed by atoms with E-state index in [1.54, 1.807) is 13.3 Å². The summed E-state index contributed by atoms with van der Waals surface area (Å²) < 4.78 is 15.5. The van der Waals surface area contributed by atoms with Crippen molar-refractivity contribution in [3.63, 3.8) is 0 Å². The largest absolute Gasteiger partial charge is 0.382 e. The van der Waals surface area contributed by atoms with Gasteiger partial charge in [0.05, 0.1) is 33.0 Å². The molecule has 0 atom stereocenters. The Kier molecular flexibility index (Phi) is 9.28. The number of methoxy groups -OCH3 is 1. The number of nitrogens with one attached hydrogen (secondary N) is 1. The summed E-state index contributed by atoms with van der Waals surface area (Å²) >= 11 is 0. The molecule has 0 saturated heterocycles. The topological polar surface area (TPSA) is 52.6 Å². The van der Waals surface area contributed by atoms with E-state index in [0.29, 0.717) is 33.0 Å². The van der Waals surface area contributed by atoms with Gasteiger partial charge in [-0.2, -0.15) is 0 Å². The van der Waals surface area contributed by atoms with Crippen molar-refractivity contribution >= 4 is 0 Å². The Morgan fingerprint density at radius 2 is 1.89 bits per heavy atom. The van der Waals surface area contributed by atoms with Crippen LogP contribution in [0.2, 0.25) is 0 Å². The second-order valence-electron chi connectivity index (χ2n) is 3.76. The Hall–Kier alpha value is -1.01. The predicted octanol–water partition coefficient (Wildman–Crippen LogP) is 0.851. The smallest absolute Gasteiger partial charge is 0.0701 e. The third kappa shape index (κ3) is 8.14. The average Bonchev–Trinajstić information content (AvgIpc) is 2.42. The monoisotopic (exact) mass is 254 g/mol. The Balaban J connectivity index is 1.82.